The second-order valence-electron chi connectivity index (χ2n) is 4.75. The molecule has 0 aliphatic carbocycles. The molecule has 1 heterocycles. The molecular formula is C15H14FNO4S. The van der Waals surface area contributed by atoms with Crippen LogP contribution in [0, 0.1) is 5.82 Å². The minimum atomic E-state index is -3.77. The Bertz CT molecular complexity index is 790. The van der Waals surface area contributed by atoms with E-state index in [2.05, 4.69) is 0 Å². The van der Waals surface area contributed by atoms with Crippen LogP contribution in [0.25, 0.3) is 0 Å². The van der Waals surface area contributed by atoms with Crippen molar-refractivity contribution in [3.8, 4) is 11.5 Å². The molecule has 0 aromatic heterocycles. The highest BCUT2D eigenvalue weighted by Crippen LogP contribution is 2.35. The van der Waals surface area contributed by atoms with Gasteiger partial charge in [0.25, 0.3) is 10.0 Å². The van der Waals surface area contributed by atoms with Crippen LogP contribution in [0.4, 0.5) is 10.1 Å². The number of nitrogens with zero attached hydrogens (tertiary/aromatic N) is 1. The van der Waals surface area contributed by atoms with Gasteiger partial charge in [0.1, 0.15) is 19.0 Å². The first-order chi connectivity index (χ1) is 10.5. The fraction of sp³-hybridized carbons (Fsp3) is 0.200. The molecule has 2 aromatic rings. The Morgan fingerprint density at radius 3 is 2.32 bits per heavy atom. The molecule has 0 saturated heterocycles. The maximum Gasteiger partial charge on any atom is 0.264 e. The Kier molecular flexibility index (Phi) is 3.66. The molecule has 0 atom stereocenters. The summed E-state index contributed by atoms with van der Waals surface area (Å²) < 4.78 is 50.0. The topological polar surface area (TPSA) is 55.8 Å². The van der Waals surface area contributed by atoms with E-state index in [1.807, 2.05) is 0 Å². The number of hydrogen-bond acceptors (Lipinski definition) is 4. The molecule has 22 heavy (non-hydrogen) atoms. The Hall–Kier alpha value is -2.28. The number of benzene rings is 2. The number of anilines is 1. The lowest BCUT2D eigenvalue weighted by molar-refractivity contribution is 0.171. The first-order valence-electron chi connectivity index (χ1n) is 6.62. The molecule has 3 rings (SSSR count). The van der Waals surface area contributed by atoms with Gasteiger partial charge >= 0.3 is 0 Å². The number of ether oxygens (including phenoxy) is 2. The number of halogens is 1. The smallest absolute Gasteiger partial charge is 0.264 e. The SMILES string of the molecule is CN(c1ccc2c(c1)OCCO2)S(=O)(=O)c1ccc(F)cc1. The van der Waals surface area contributed by atoms with Gasteiger partial charge in [-0.15, -0.1) is 0 Å². The van der Waals surface area contributed by atoms with Gasteiger partial charge in [-0.05, 0) is 36.4 Å². The summed E-state index contributed by atoms with van der Waals surface area (Å²) in [5.41, 5.74) is 0.438. The highest BCUT2D eigenvalue weighted by atomic mass is 32.2. The molecule has 1 aliphatic heterocycles. The molecule has 2 aromatic carbocycles. The summed E-state index contributed by atoms with van der Waals surface area (Å²) in [5, 5.41) is 0. The third kappa shape index (κ3) is 2.59. The first kappa shape index (κ1) is 14.6. The molecule has 7 heteroatoms. The molecule has 0 N–H and O–H groups in total. The quantitative estimate of drug-likeness (QED) is 0.870. The molecular weight excluding hydrogens is 309 g/mol. The number of hydrogen-bond donors (Lipinski definition) is 0. The van der Waals surface area contributed by atoms with Crippen LogP contribution < -0.4 is 13.8 Å². The number of rotatable bonds is 3. The molecule has 0 fully saturated rings. The fourth-order valence-corrected chi connectivity index (χ4v) is 3.32. The van der Waals surface area contributed by atoms with Crippen molar-refractivity contribution in [2.24, 2.45) is 0 Å². The van der Waals surface area contributed by atoms with E-state index in [0.29, 0.717) is 30.4 Å². The van der Waals surface area contributed by atoms with E-state index in [9.17, 15) is 12.8 Å². The van der Waals surface area contributed by atoms with Crippen LogP contribution in [0.2, 0.25) is 0 Å². The van der Waals surface area contributed by atoms with Crippen molar-refractivity contribution in [1.82, 2.24) is 0 Å². The second-order valence-corrected chi connectivity index (χ2v) is 6.72. The van der Waals surface area contributed by atoms with Crippen LogP contribution in [-0.4, -0.2) is 28.7 Å². The number of fused-ring (bicyclic) bond motifs is 1. The van der Waals surface area contributed by atoms with Gasteiger partial charge in [-0.1, -0.05) is 0 Å². The van der Waals surface area contributed by atoms with Crippen molar-refractivity contribution in [3.63, 3.8) is 0 Å². The van der Waals surface area contributed by atoms with Crippen molar-refractivity contribution in [2.45, 2.75) is 4.90 Å². The van der Waals surface area contributed by atoms with Gasteiger partial charge in [-0.25, -0.2) is 12.8 Å². The normalized spacial score (nSPS) is 13.7. The zero-order chi connectivity index (χ0) is 15.7. The lowest BCUT2D eigenvalue weighted by Gasteiger charge is -2.23. The van der Waals surface area contributed by atoms with Crippen molar-refractivity contribution >= 4 is 15.7 Å². The predicted octanol–water partition coefficient (Wildman–Crippen LogP) is 2.42. The van der Waals surface area contributed by atoms with Crippen molar-refractivity contribution in [1.29, 1.82) is 0 Å². The average Bonchev–Trinajstić information content (AvgIpc) is 2.54. The van der Waals surface area contributed by atoms with E-state index >= 15 is 0 Å². The van der Waals surface area contributed by atoms with E-state index in [1.54, 1.807) is 18.2 Å². The maximum atomic E-state index is 12.9. The van der Waals surface area contributed by atoms with Crippen LogP contribution in [0.1, 0.15) is 0 Å². The van der Waals surface area contributed by atoms with Gasteiger partial charge in [0.05, 0.1) is 10.6 Å². The van der Waals surface area contributed by atoms with Crippen molar-refractivity contribution in [2.75, 3.05) is 24.6 Å². The zero-order valence-corrected chi connectivity index (χ0v) is 12.6. The molecule has 0 bridgehead atoms. The van der Waals surface area contributed by atoms with E-state index in [0.717, 1.165) is 16.4 Å². The van der Waals surface area contributed by atoms with Gasteiger partial charge in [0.2, 0.25) is 0 Å². The summed E-state index contributed by atoms with van der Waals surface area (Å²) in [7, 11) is -2.33. The molecule has 1 aliphatic rings. The predicted molar refractivity (Wildman–Crippen MR) is 79.4 cm³/mol. The van der Waals surface area contributed by atoms with Crippen molar-refractivity contribution < 1.29 is 22.3 Å². The van der Waals surface area contributed by atoms with Gasteiger partial charge in [0.15, 0.2) is 11.5 Å². The van der Waals surface area contributed by atoms with Crippen molar-refractivity contribution in [3.05, 3.63) is 48.3 Å². The third-order valence-electron chi connectivity index (χ3n) is 3.36. The monoisotopic (exact) mass is 323 g/mol. The average molecular weight is 323 g/mol. The molecule has 0 saturated carbocycles. The first-order valence-corrected chi connectivity index (χ1v) is 8.06. The lowest BCUT2D eigenvalue weighted by atomic mass is 10.2. The Morgan fingerprint density at radius 2 is 1.64 bits per heavy atom. The Labute approximate surface area is 127 Å². The minimum absolute atomic E-state index is 0.0197. The summed E-state index contributed by atoms with van der Waals surface area (Å²) in [6.45, 7) is 0.890. The highest BCUT2D eigenvalue weighted by Gasteiger charge is 2.23. The van der Waals surface area contributed by atoms with Crippen LogP contribution in [0.3, 0.4) is 0 Å². The summed E-state index contributed by atoms with van der Waals surface area (Å²) >= 11 is 0. The largest absolute Gasteiger partial charge is 0.486 e. The lowest BCUT2D eigenvalue weighted by Crippen LogP contribution is -2.26. The van der Waals surface area contributed by atoms with Crippen LogP contribution in [-0.2, 0) is 10.0 Å². The van der Waals surface area contributed by atoms with Crippen LogP contribution in [0.15, 0.2) is 47.4 Å². The number of sulfonamides is 1. The third-order valence-corrected chi connectivity index (χ3v) is 5.16. The summed E-state index contributed by atoms with van der Waals surface area (Å²) in [5.74, 6) is 0.605. The summed E-state index contributed by atoms with van der Waals surface area (Å²) in [4.78, 5) is 0.0197. The van der Waals surface area contributed by atoms with Crippen LogP contribution >= 0.6 is 0 Å². The molecule has 5 nitrogen and oxygen atoms in total. The summed E-state index contributed by atoms with van der Waals surface area (Å²) in [6, 6.07) is 9.61. The Balaban J connectivity index is 1.95. The molecule has 116 valence electrons. The maximum absolute atomic E-state index is 12.9. The molecule has 0 amide bonds. The van der Waals surface area contributed by atoms with Gasteiger partial charge in [-0.3, -0.25) is 4.31 Å². The molecule has 0 unspecified atom stereocenters. The highest BCUT2D eigenvalue weighted by molar-refractivity contribution is 7.92. The van der Waals surface area contributed by atoms with E-state index in [1.165, 1.54) is 19.2 Å². The molecule has 0 radical (unpaired) electrons. The van der Waals surface area contributed by atoms with E-state index in [4.69, 9.17) is 9.47 Å². The van der Waals surface area contributed by atoms with Gasteiger partial charge in [0, 0.05) is 13.1 Å². The minimum Gasteiger partial charge on any atom is -0.486 e. The zero-order valence-electron chi connectivity index (χ0n) is 11.8. The van der Waals surface area contributed by atoms with Gasteiger partial charge < -0.3 is 9.47 Å². The Morgan fingerprint density at radius 1 is 1.00 bits per heavy atom. The second kappa shape index (κ2) is 5.49. The van der Waals surface area contributed by atoms with E-state index < -0.39 is 15.8 Å². The van der Waals surface area contributed by atoms with Crippen LogP contribution in [0.5, 0.6) is 11.5 Å². The summed E-state index contributed by atoms with van der Waals surface area (Å²) in [6.07, 6.45) is 0. The molecule has 0 spiro atoms. The van der Waals surface area contributed by atoms with Gasteiger partial charge in [-0.2, -0.15) is 0 Å². The van der Waals surface area contributed by atoms with E-state index in [-0.39, 0.29) is 4.90 Å². The fourth-order valence-electron chi connectivity index (χ4n) is 2.13. The standard InChI is InChI=1S/C15H14FNO4S/c1-17(22(18,19)13-5-2-11(16)3-6-13)12-4-7-14-15(10-12)21-9-8-20-14/h2-7,10H,8-9H2,1H3.